The van der Waals surface area contributed by atoms with Crippen molar-refractivity contribution in [2.45, 2.75) is 112 Å². The summed E-state index contributed by atoms with van der Waals surface area (Å²) in [5, 5.41) is 2.74. The highest BCUT2D eigenvalue weighted by Crippen LogP contribution is 2.33. The molecule has 0 aliphatic carbocycles. The zero-order chi connectivity index (χ0) is 25.4. The summed E-state index contributed by atoms with van der Waals surface area (Å²) < 4.78 is 0. The van der Waals surface area contributed by atoms with Crippen LogP contribution in [0.15, 0.2) is 54.6 Å². The van der Waals surface area contributed by atoms with Crippen molar-refractivity contribution in [3.05, 3.63) is 82.4 Å². The third-order valence-corrected chi connectivity index (χ3v) is 6.47. The smallest absolute Gasteiger partial charge is 0.0126 e. The van der Waals surface area contributed by atoms with E-state index in [1.807, 2.05) is 0 Å². The molecule has 0 bridgehead atoms. The van der Waals surface area contributed by atoms with Gasteiger partial charge in [0.2, 0.25) is 0 Å². The maximum Gasteiger partial charge on any atom is -0.0126 e. The van der Waals surface area contributed by atoms with Gasteiger partial charge in [-0.15, -0.1) is 0 Å². The lowest BCUT2D eigenvalue weighted by molar-refractivity contribution is 0.566. The monoisotopic (exact) mass is 444 g/mol. The van der Waals surface area contributed by atoms with Crippen LogP contribution in [-0.2, 0) is 21.7 Å². The Bertz CT molecular complexity index is 1080. The minimum atomic E-state index is 0.190. The van der Waals surface area contributed by atoms with Crippen LogP contribution in [0.1, 0.15) is 111 Å². The summed E-state index contributed by atoms with van der Waals surface area (Å²) in [4.78, 5) is 0. The Morgan fingerprint density at radius 3 is 1.42 bits per heavy atom. The van der Waals surface area contributed by atoms with E-state index in [1.54, 1.807) is 0 Å². The SMILES string of the molecule is CC(C)(C)c1ccc2cccc(C(C)(C)C)c2c1.Cc1ccc(C(C)(C)C)cc1C(C)(C)C. The molecule has 180 valence electrons. The topological polar surface area (TPSA) is 0 Å². The van der Waals surface area contributed by atoms with E-state index < -0.39 is 0 Å². The summed E-state index contributed by atoms with van der Waals surface area (Å²) >= 11 is 0. The standard InChI is InChI=1S/C18H24.C15H24/c1-17(2,3)14-11-10-13-8-7-9-16(15(13)12-14)18(4,5)6;1-11-8-9-12(14(2,3)4)10-13(11)15(5,6)7/h7-12H,1-6H3;8-10H,1-7H3. The lowest BCUT2D eigenvalue weighted by Gasteiger charge is -2.26. The highest BCUT2D eigenvalue weighted by atomic mass is 14.3. The van der Waals surface area contributed by atoms with E-state index in [9.17, 15) is 0 Å². The molecule has 0 spiro atoms. The van der Waals surface area contributed by atoms with Crippen molar-refractivity contribution in [2.75, 3.05) is 0 Å². The molecule has 0 atom stereocenters. The van der Waals surface area contributed by atoms with E-state index in [-0.39, 0.29) is 21.7 Å². The summed E-state index contributed by atoms with van der Waals surface area (Å²) in [7, 11) is 0. The molecular formula is C33H48. The summed E-state index contributed by atoms with van der Waals surface area (Å²) in [6.45, 7) is 29.5. The van der Waals surface area contributed by atoms with Gasteiger partial charge in [-0.3, -0.25) is 0 Å². The highest BCUT2D eigenvalue weighted by molar-refractivity contribution is 5.87. The van der Waals surface area contributed by atoms with E-state index in [1.165, 1.54) is 38.6 Å². The van der Waals surface area contributed by atoms with Gasteiger partial charge in [0.05, 0.1) is 0 Å². The molecule has 0 fully saturated rings. The molecule has 0 amide bonds. The van der Waals surface area contributed by atoms with Crippen LogP contribution in [0.3, 0.4) is 0 Å². The molecular weight excluding hydrogens is 396 g/mol. The van der Waals surface area contributed by atoms with Crippen LogP contribution in [0.25, 0.3) is 10.8 Å². The Morgan fingerprint density at radius 1 is 0.455 bits per heavy atom. The second kappa shape index (κ2) is 9.28. The van der Waals surface area contributed by atoms with Crippen molar-refractivity contribution in [3.8, 4) is 0 Å². The Hall–Kier alpha value is -2.08. The molecule has 0 saturated carbocycles. The first kappa shape index (κ1) is 27.2. The van der Waals surface area contributed by atoms with Crippen molar-refractivity contribution < 1.29 is 0 Å². The second-order valence-electron chi connectivity index (χ2n) is 13.8. The number of benzene rings is 3. The summed E-state index contributed by atoms with van der Waals surface area (Å²) in [6, 6.07) is 20.4. The van der Waals surface area contributed by atoms with Crippen LogP contribution in [0.5, 0.6) is 0 Å². The quantitative estimate of drug-likeness (QED) is 0.323. The molecule has 0 unspecified atom stereocenters. The Morgan fingerprint density at radius 2 is 0.939 bits per heavy atom. The maximum absolute atomic E-state index is 2.37. The zero-order valence-electron chi connectivity index (χ0n) is 23.7. The van der Waals surface area contributed by atoms with Gasteiger partial charge >= 0.3 is 0 Å². The normalized spacial score (nSPS) is 13.0. The van der Waals surface area contributed by atoms with Gasteiger partial charge in [0.25, 0.3) is 0 Å². The fourth-order valence-electron chi connectivity index (χ4n) is 4.29. The van der Waals surface area contributed by atoms with Gasteiger partial charge in [-0.05, 0) is 67.2 Å². The summed E-state index contributed by atoms with van der Waals surface area (Å²) in [5.41, 5.74) is 8.02. The van der Waals surface area contributed by atoms with Crippen molar-refractivity contribution in [1.82, 2.24) is 0 Å². The lowest BCUT2D eigenvalue weighted by atomic mass is 9.79. The van der Waals surface area contributed by atoms with Gasteiger partial charge in [-0.2, -0.15) is 0 Å². The van der Waals surface area contributed by atoms with Crippen LogP contribution in [0.4, 0.5) is 0 Å². The number of fused-ring (bicyclic) bond motifs is 1. The minimum Gasteiger partial charge on any atom is -0.0613 e. The number of aryl methyl sites for hydroxylation is 1. The zero-order valence-corrected chi connectivity index (χ0v) is 23.7. The minimum absolute atomic E-state index is 0.190. The molecule has 0 aliphatic heterocycles. The Balaban J connectivity index is 0.000000238. The van der Waals surface area contributed by atoms with E-state index in [4.69, 9.17) is 0 Å². The number of hydrogen-bond donors (Lipinski definition) is 0. The predicted octanol–water partition coefficient (Wildman–Crippen LogP) is 10.0. The summed E-state index contributed by atoms with van der Waals surface area (Å²) in [6.07, 6.45) is 0. The molecule has 3 aromatic carbocycles. The van der Waals surface area contributed by atoms with Crippen LogP contribution >= 0.6 is 0 Å². The third kappa shape index (κ3) is 6.95. The van der Waals surface area contributed by atoms with Gasteiger partial charge < -0.3 is 0 Å². The molecule has 33 heavy (non-hydrogen) atoms. The predicted molar refractivity (Wildman–Crippen MR) is 150 cm³/mol. The number of rotatable bonds is 0. The fraction of sp³-hybridized carbons (Fsp3) is 0.515. The average Bonchev–Trinajstić information content (AvgIpc) is 2.64. The fourth-order valence-corrected chi connectivity index (χ4v) is 4.29. The Labute approximate surface area is 204 Å². The molecule has 0 N–H and O–H groups in total. The van der Waals surface area contributed by atoms with Crippen molar-refractivity contribution in [3.63, 3.8) is 0 Å². The van der Waals surface area contributed by atoms with Crippen LogP contribution in [0.2, 0.25) is 0 Å². The maximum atomic E-state index is 2.37. The van der Waals surface area contributed by atoms with E-state index in [0.29, 0.717) is 0 Å². The summed E-state index contributed by atoms with van der Waals surface area (Å²) in [5.74, 6) is 0. The lowest BCUT2D eigenvalue weighted by Crippen LogP contribution is -2.17. The number of hydrogen-bond acceptors (Lipinski definition) is 0. The molecule has 0 nitrogen and oxygen atoms in total. The molecule has 0 aliphatic rings. The molecule has 3 aromatic rings. The van der Waals surface area contributed by atoms with E-state index in [0.717, 1.165) is 0 Å². The largest absolute Gasteiger partial charge is 0.0613 e. The van der Waals surface area contributed by atoms with Gasteiger partial charge in [0, 0.05) is 0 Å². The van der Waals surface area contributed by atoms with Crippen LogP contribution in [-0.4, -0.2) is 0 Å². The van der Waals surface area contributed by atoms with Crippen molar-refractivity contribution >= 4 is 10.8 Å². The first-order valence-corrected chi connectivity index (χ1v) is 12.5. The van der Waals surface area contributed by atoms with Crippen molar-refractivity contribution in [2.24, 2.45) is 0 Å². The van der Waals surface area contributed by atoms with E-state index >= 15 is 0 Å². The van der Waals surface area contributed by atoms with Gasteiger partial charge in [0.15, 0.2) is 0 Å². The molecule has 0 radical (unpaired) electrons. The molecule has 0 saturated heterocycles. The van der Waals surface area contributed by atoms with E-state index in [2.05, 4.69) is 145 Å². The van der Waals surface area contributed by atoms with Crippen LogP contribution < -0.4 is 0 Å². The average molecular weight is 445 g/mol. The molecule has 0 aromatic heterocycles. The van der Waals surface area contributed by atoms with Crippen LogP contribution in [0, 0.1) is 6.92 Å². The first-order valence-electron chi connectivity index (χ1n) is 12.5. The van der Waals surface area contributed by atoms with Gasteiger partial charge in [-0.1, -0.05) is 138 Å². The molecule has 3 rings (SSSR count). The second-order valence-corrected chi connectivity index (χ2v) is 13.8. The van der Waals surface area contributed by atoms with Crippen molar-refractivity contribution in [1.29, 1.82) is 0 Å². The first-order chi connectivity index (χ1) is 14.8. The highest BCUT2D eigenvalue weighted by Gasteiger charge is 2.21. The third-order valence-electron chi connectivity index (χ3n) is 6.47. The Kier molecular flexibility index (Phi) is 7.64. The van der Waals surface area contributed by atoms with Gasteiger partial charge in [0.1, 0.15) is 0 Å². The van der Waals surface area contributed by atoms with Gasteiger partial charge in [-0.25, -0.2) is 0 Å². The molecule has 0 heteroatoms. The molecule has 0 heterocycles.